The van der Waals surface area contributed by atoms with Gasteiger partial charge in [-0.25, -0.2) is 9.18 Å². The molecule has 1 aromatic heterocycles. The number of nitrogens with one attached hydrogen (secondary N) is 1. The molecule has 37 heavy (non-hydrogen) atoms. The highest BCUT2D eigenvalue weighted by Crippen LogP contribution is 2.38. The summed E-state index contributed by atoms with van der Waals surface area (Å²) in [4.78, 5) is 19.6. The van der Waals surface area contributed by atoms with Crippen molar-refractivity contribution in [3.8, 4) is 17.1 Å². The number of carbonyl (C=O) groups is 1. The number of carbonyl (C=O) groups excluding carboxylic acids is 1. The lowest BCUT2D eigenvalue weighted by Gasteiger charge is -2.35. The summed E-state index contributed by atoms with van der Waals surface area (Å²) in [5.74, 6) is 1.01. The number of hydrogen-bond acceptors (Lipinski definition) is 5. The third kappa shape index (κ3) is 5.23. The van der Waals surface area contributed by atoms with Crippen LogP contribution in [0.15, 0.2) is 89.1 Å². The third-order valence-corrected chi connectivity index (χ3v) is 6.49. The van der Waals surface area contributed by atoms with Gasteiger partial charge in [-0.2, -0.15) is 4.98 Å². The Morgan fingerprint density at radius 3 is 2.46 bits per heavy atom. The zero-order chi connectivity index (χ0) is 25.8. The number of nitrogens with zero attached hydrogens (tertiary/aromatic N) is 3. The van der Waals surface area contributed by atoms with E-state index in [0.29, 0.717) is 35.1 Å². The van der Waals surface area contributed by atoms with Crippen molar-refractivity contribution in [2.45, 2.75) is 25.8 Å². The van der Waals surface area contributed by atoms with Crippen molar-refractivity contribution in [3.05, 3.63) is 107 Å². The maximum Gasteiger partial charge on any atom is 0.322 e. The molecule has 0 spiro atoms. The molecule has 0 saturated heterocycles. The maximum atomic E-state index is 13.4. The van der Waals surface area contributed by atoms with Gasteiger partial charge in [0.05, 0.1) is 18.7 Å². The van der Waals surface area contributed by atoms with Crippen molar-refractivity contribution in [3.63, 3.8) is 0 Å². The fourth-order valence-corrected chi connectivity index (χ4v) is 4.51. The summed E-state index contributed by atoms with van der Waals surface area (Å²) >= 11 is 0. The Labute approximate surface area is 214 Å². The number of rotatable bonds is 8. The van der Waals surface area contributed by atoms with Crippen LogP contribution in [0.4, 0.5) is 9.18 Å². The van der Waals surface area contributed by atoms with E-state index in [1.807, 2.05) is 49.4 Å². The van der Waals surface area contributed by atoms with Crippen LogP contribution in [0.5, 0.6) is 5.75 Å². The van der Waals surface area contributed by atoms with Crippen LogP contribution in [-0.4, -0.2) is 34.7 Å². The molecule has 0 radical (unpaired) electrons. The molecule has 8 heteroatoms. The highest BCUT2D eigenvalue weighted by molar-refractivity contribution is 5.86. The summed E-state index contributed by atoms with van der Waals surface area (Å²) in [5.41, 5.74) is 4.17. The van der Waals surface area contributed by atoms with E-state index in [1.54, 1.807) is 24.1 Å². The van der Waals surface area contributed by atoms with Gasteiger partial charge in [0.25, 0.3) is 5.89 Å². The van der Waals surface area contributed by atoms with Crippen LogP contribution in [0, 0.1) is 5.82 Å². The predicted octanol–water partition coefficient (Wildman–Crippen LogP) is 6.01. The molecule has 2 heterocycles. The van der Waals surface area contributed by atoms with Crippen LogP contribution in [-0.2, 0) is 6.42 Å². The van der Waals surface area contributed by atoms with Crippen LogP contribution in [0.2, 0.25) is 0 Å². The molecular weight excluding hydrogens is 471 g/mol. The fourth-order valence-electron chi connectivity index (χ4n) is 4.51. The number of allylic oxidation sites excluding steroid dienone is 1. The SMILES string of the molecule is COc1ccc(C2NC(=O)N(CCCc3ccccc3)C(C)=C2c2nc(-c3ccc(F)cc3)no2)cc1. The Hall–Kier alpha value is -4.46. The summed E-state index contributed by atoms with van der Waals surface area (Å²) in [6, 6.07) is 22.9. The molecule has 0 saturated carbocycles. The van der Waals surface area contributed by atoms with Gasteiger partial charge in [0, 0.05) is 17.8 Å². The Kier molecular flexibility index (Phi) is 6.98. The smallest absolute Gasteiger partial charge is 0.322 e. The minimum absolute atomic E-state index is 0.187. The molecule has 0 bridgehead atoms. The molecule has 1 unspecified atom stereocenters. The van der Waals surface area contributed by atoms with Crippen molar-refractivity contribution < 1.29 is 18.4 Å². The fraction of sp³-hybridized carbons (Fsp3) is 0.207. The Bertz CT molecular complexity index is 1400. The van der Waals surface area contributed by atoms with E-state index >= 15 is 0 Å². The van der Waals surface area contributed by atoms with Crippen LogP contribution in [0.1, 0.15) is 36.4 Å². The summed E-state index contributed by atoms with van der Waals surface area (Å²) in [6.45, 7) is 2.43. The number of benzene rings is 3. The van der Waals surface area contributed by atoms with Crippen molar-refractivity contribution in [1.82, 2.24) is 20.4 Å². The molecule has 5 rings (SSSR count). The molecule has 3 aromatic carbocycles. The molecule has 1 atom stereocenters. The number of hydrogen-bond donors (Lipinski definition) is 1. The highest BCUT2D eigenvalue weighted by Gasteiger charge is 2.35. The summed E-state index contributed by atoms with van der Waals surface area (Å²) in [6.07, 6.45) is 1.64. The number of ether oxygens (including phenoxy) is 1. The zero-order valence-electron chi connectivity index (χ0n) is 20.6. The Morgan fingerprint density at radius 1 is 1.03 bits per heavy atom. The van der Waals surface area contributed by atoms with Gasteiger partial charge in [0.1, 0.15) is 11.6 Å². The Balaban J connectivity index is 1.49. The summed E-state index contributed by atoms with van der Waals surface area (Å²) in [5, 5.41) is 7.25. The van der Waals surface area contributed by atoms with Gasteiger partial charge in [-0.3, -0.25) is 4.90 Å². The minimum atomic E-state index is -0.495. The standard InChI is InChI=1S/C29H27FN4O3/c1-19-25(28-32-27(33-37-28)22-10-14-23(30)15-11-22)26(21-12-16-24(36-2)17-13-21)31-29(35)34(19)18-6-9-20-7-4-3-5-8-20/h3-5,7-8,10-17,26H,6,9,18H2,1-2H3,(H,31,35). The maximum absolute atomic E-state index is 13.4. The second kappa shape index (κ2) is 10.7. The summed E-state index contributed by atoms with van der Waals surface area (Å²) in [7, 11) is 1.61. The van der Waals surface area contributed by atoms with Crippen LogP contribution >= 0.6 is 0 Å². The topological polar surface area (TPSA) is 80.5 Å². The van der Waals surface area contributed by atoms with Crippen molar-refractivity contribution >= 4 is 11.6 Å². The second-order valence-corrected chi connectivity index (χ2v) is 8.83. The van der Waals surface area contributed by atoms with Gasteiger partial charge >= 0.3 is 6.03 Å². The molecule has 0 fully saturated rings. The van der Waals surface area contributed by atoms with E-state index < -0.39 is 6.04 Å². The first-order chi connectivity index (χ1) is 18.0. The van der Waals surface area contributed by atoms with Gasteiger partial charge in [0.15, 0.2) is 0 Å². The molecule has 1 N–H and O–H groups in total. The zero-order valence-corrected chi connectivity index (χ0v) is 20.6. The predicted molar refractivity (Wildman–Crippen MR) is 138 cm³/mol. The average molecular weight is 499 g/mol. The van der Waals surface area contributed by atoms with Gasteiger partial charge in [0.2, 0.25) is 5.82 Å². The van der Waals surface area contributed by atoms with E-state index in [9.17, 15) is 9.18 Å². The third-order valence-electron chi connectivity index (χ3n) is 6.49. The van der Waals surface area contributed by atoms with Crippen LogP contribution in [0.3, 0.4) is 0 Å². The number of urea groups is 1. The molecular formula is C29H27FN4O3. The van der Waals surface area contributed by atoms with E-state index in [1.165, 1.54) is 17.7 Å². The number of amides is 2. The van der Waals surface area contributed by atoms with Crippen molar-refractivity contribution in [2.75, 3.05) is 13.7 Å². The number of aromatic nitrogens is 2. The molecule has 4 aromatic rings. The van der Waals surface area contributed by atoms with Gasteiger partial charge in [-0.05, 0) is 67.3 Å². The lowest BCUT2D eigenvalue weighted by Crippen LogP contribution is -2.46. The first-order valence-electron chi connectivity index (χ1n) is 12.1. The molecule has 0 aliphatic carbocycles. The van der Waals surface area contributed by atoms with Crippen LogP contribution < -0.4 is 10.1 Å². The van der Waals surface area contributed by atoms with Gasteiger partial charge in [-0.1, -0.05) is 47.6 Å². The number of methoxy groups -OCH3 is 1. The average Bonchev–Trinajstić information content (AvgIpc) is 3.41. The minimum Gasteiger partial charge on any atom is -0.497 e. The lowest BCUT2D eigenvalue weighted by molar-refractivity contribution is 0.204. The van der Waals surface area contributed by atoms with Crippen LogP contribution in [0.25, 0.3) is 17.0 Å². The second-order valence-electron chi connectivity index (χ2n) is 8.83. The molecule has 2 amide bonds. The quantitative estimate of drug-likeness (QED) is 0.322. The lowest BCUT2D eigenvalue weighted by atomic mass is 9.94. The van der Waals surface area contributed by atoms with E-state index in [4.69, 9.17) is 9.26 Å². The van der Waals surface area contributed by atoms with E-state index in [2.05, 4.69) is 27.6 Å². The number of halogens is 1. The highest BCUT2D eigenvalue weighted by atomic mass is 19.1. The molecule has 188 valence electrons. The first-order valence-corrected chi connectivity index (χ1v) is 12.1. The molecule has 1 aliphatic heterocycles. The van der Waals surface area contributed by atoms with E-state index in [-0.39, 0.29) is 11.8 Å². The first kappa shape index (κ1) is 24.2. The largest absolute Gasteiger partial charge is 0.497 e. The van der Waals surface area contributed by atoms with Crippen molar-refractivity contribution in [2.24, 2.45) is 0 Å². The Morgan fingerprint density at radius 2 is 1.76 bits per heavy atom. The van der Waals surface area contributed by atoms with E-state index in [0.717, 1.165) is 24.1 Å². The summed E-state index contributed by atoms with van der Waals surface area (Å²) < 4.78 is 24.4. The normalized spacial score (nSPS) is 15.6. The van der Waals surface area contributed by atoms with Gasteiger partial charge in [-0.15, -0.1) is 0 Å². The number of aryl methyl sites for hydroxylation is 1. The van der Waals surface area contributed by atoms with Crippen molar-refractivity contribution in [1.29, 1.82) is 0 Å². The molecule has 1 aliphatic rings. The van der Waals surface area contributed by atoms with Gasteiger partial charge < -0.3 is 14.6 Å². The molecule has 7 nitrogen and oxygen atoms in total. The monoisotopic (exact) mass is 498 g/mol.